The largest absolute Gasteiger partial charge is 0.327 e. The molecule has 0 spiro atoms. The van der Waals surface area contributed by atoms with Crippen molar-refractivity contribution >= 4 is 15.9 Å². The van der Waals surface area contributed by atoms with Gasteiger partial charge in [-0.1, -0.05) is 22.0 Å². The first-order valence-corrected chi connectivity index (χ1v) is 6.74. The molecule has 5 heteroatoms. The molecule has 2 rings (SSSR count). The molecule has 1 saturated carbocycles. The van der Waals surface area contributed by atoms with Gasteiger partial charge in [-0.15, -0.1) is 0 Å². The van der Waals surface area contributed by atoms with Crippen LogP contribution in [-0.2, 0) is 6.42 Å². The van der Waals surface area contributed by atoms with E-state index in [1.807, 2.05) is 0 Å². The van der Waals surface area contributed by atoms with Crippen molar-refractivity contribution in [2.24, 2.45) is 11.7 Å². The van der Waals surface area contributed by atoms with Crippen molar-refractivity contribution in [2.45, 2.75) is 37.6 Å². The lowest BCUT2D eigenvalue weighted by Gasteiger charge is -2.19. The molecule has 0 radical (unpaired) electrons. The van der Waals surface area contributed by atoms with E-state index in [1.54, 1.807) is 12.1 Å². The second-order valence-electron chi connectivity index (χ2n) is 4.96. The molecule has 0 bridgehead atoms. The molecule has 2 N–H and O–H groups in total. The Morgan fingerprint density at radius 2 is 2.17 bits per heavy atom. The summed E-state index contributed by atoms with van der Waals surface area (Å²) in [6, 6.07) is 4.33. The average molecular weight is 322 g/mol. The van der Waals surface area contributed by atoms with Gasteiger partial charge in [0.2, 0.25) is 5.92 Å². The minimum atomic E-state index is -2.60. The highest BCUT2D eigenvalue weighted by Crippen LogP contribution is 2.40. The molecule has 100 valence electrons. The van der Waals surface area contributed by atoms with Gasteiger partial charge >= 0.3 is 0 Å². The van der Waals surface area contributed by atoms with E-state index in [1.165, 1.54) is 6.07 Å². The minimum absolute atomic E-state index is 0.103. The van der Waals surface area contributed by atoms with Crippen molar-refractivity contribution < 1.29 is 13.2 Å². The van der Waals surface area contributed by atoms with Crippen molar-refractivity contribution in [1.29, 1.82) is 0 Å². The predicted octanol–water partition coefficient (Wildman–Crippen LogP) is 3.89. The zero-order chi connectivity index (χ0) is 13.3. The molecular weight excluding hydrogens is 307 g/mol. The first-order chi connectivity index (χ1) is 8.37. The van der Waals surface area contributed by atoms with Gasteiger partial charge in [0.15, 0.2) is 0 Å². The Balaban J connectivity index is 2.01. The molecule has 0 amide bonds. The Labute approximate surface area is 113 Å². The van der Waals surface area contributed by atoms with E-state index >= 15 is 0 Å². The van der Waals surface area contributed by atoms with Crippen LogP contribution in [0.1, 0.15) is 24.8 Å². The summed E-state index contributed by atoms with van der Waals surface area (Å²) in [6.07, 6.45) is 0.451. The van der Waals surface area contributed by atoms with Crippen LogP contribution in [0.25, 0.3) is 0 Å². The van der Waals surface area contributed by atoms with Gasteiger partial charge in [-0.25, -0.2) is 13.2 Å². The number of rotatable bonds is 3. The van der Waals surface area contributed by atoms with Crippen LogP contribution in [0.4, 0.5) is 13.2 Å². The Bertz CT molecular complexity index is 436. The van der Waals surface area contributed by atoms with Gasteiger partial charge in [0.25, 0.3) is 0 Å². The van der Waals surface area contributed by atoms with Crippen LogP contribution < -0.4 is 5.73 Å². The number of halogens is 4. The summed E-state index contributed by atoms with van der Waals surface area (Å²) in [6.45, 7) is 0. The van der Waals surface area contributed by atoms with Gasteiger partial charge in [0.1, 0.15) is 5.82 Å². The number of nitrogens with two attached hydrogens (primary N) is 1. The lowest BCUT2D eigenvalue weighted by molar-refractivity contribution is 0.00393. The first kappa shape index (κ1) is 13.9. The van der Waals surface area contributed by atoms with E-state index in [9.17, 15) is 13.2 Å². The SMILES string of the molecule is NC(Cc1ccc(Br)cc1F)C1CCC(F)(F)C1. The highest BCUT2D eigenvalue weighted by Gasteiger charge is 2.41. The van der Waals surface area contributed by atoms with Crippen molar-refractivity contribution in [1.82, 2.24) is 0 Å². The van der Waals surface area contributed by atoms with Gasteiger partial charge in [-0.2, -0.15) is 0 Å². The smallest absolute Gasteiger partial charge is 0.248 e. The number of benzene rings is 1. The van der Waals surface area contributed by atoms with Crippen LogP contribution in [0.3, 0.4) is 0 Å². The summed E-state index contributed by atoms with van der Waals surface area (Å²) in [4.78, 5) is 0. The molecule has 2 atom stereocenters. The normalized spacial score (nSPS) is 24.2. The van der Waals surface area contributed by atoms with Crippen LogP contribution in [0.5, 0.6) is 0 Å². The van der Waals surface area contributed by atoms with Crippen molar-refractivity contribution in [3.05, 3.63) is 34.1 Å². The number of alkyl halides is 2. The summed E-state index contributed by atoms with van der Waals surface area (Å²) >= 11 is 3.17. The van der Waals surface area contributed by atoms with E-state index in [0.717, 1.165) is 0 Å². The maximum Gasteiger partial charge on any atom is 0.248 e. The van der Waals surface area contributed by atoms with Gasteiger partial charge < -0.3 is 5.73 Å². The van der Waals surface area contributed by atoms with Crippen molar-refractivity contribution in [3.63, 3.8) is 0 Å². The van der Waals surface area contributed by atoms with E-state index in [2.05, 4.69) is 15.9 Å². The van der Waals surface area contributed by atoms with Crippen LogP contribution in [0, 0.1) is 11.7 Å². The standard InChI is InChI=1S/C13H15BrF3N/c14-10-2-1-8(11(15)6-10)5-12(18)9-3-4-13(16,17)7-9/h1-2,6,9,12H,3-5,7,18H2. The van der Waals surface area contributed by atoms with Crippen molar-refractivity contribution in [2.75, 3.05) is 0 Å². The Hall–Kier alpha value is -0.550. The third-order valence-electron chi connectivity index (χ3n) is 3.52. The van der Waals surface area contributed by atoms with Crippen molar-refractivity contribution in [3.8, 4) is 0 Å². The fraction of sp³-hybridized carbons (Fsp3) is 0.538. The topological polar surface area (TPSA) is 26.0 Å². The maximum absolute atomic E-state index is 13.6. The molecule has 0 aromatic heterocycles. The molecule has 1 fully saturated rings. The quantitative estimate of drug-likeness (QED) is 0.898. The lowest BCUT2D eigenvalue weighted by atomic mass is 9.93. The molecule has 1 nitrogen and oxygen atoms in total. The number of hydrogen-bond donors (Lipinski definition) is 1. The molecule has 1 aromatic rings. The van der Waals surface area contributed by atoms with E-state index in [-0.39, 0.29) is 24.6 Å². The zero-order valence-electron chi connectivity index (χ0n) is 9.80. The van der Waals surface area contributed by atoms with Gasteiger partial charge in [0.05, 0.1) is 0 Å². The van der Waals surface area contributed by atoms with Crippen LogP contribution in [-0.4, -0.2) is 12.0 Å². The van der Waals surface area contributed by atoms with Crippen LogP contribution in [0.15, 0.2) is 22.7 Å². The molecular formula is C13H15BrF3N. The summed E-state index contributed by atoms with van der Waals surface area (Å²) in [5, 5.41) is 0. The minimum Gasteiger partial charge on any atom is -0.327 e. The Morgan fingerprint density at radius 1 is 1.44 bits per heavy atom. The summed E-state index contributed by atoms with van der Waals surface area (Å²) in [7, 11) is 0. The van der Waals surface area contributed by atoms with E-state index in [0.29, 0.717) is 22.9 Å². The molecule has 0 heterocycles. The fourth-order valence-corrected chi connectivity index (χ4v) is 2.79. The van der Waals surface area contributed by atoms with Gasteiger partial charge in [0, 0.05) is 23.4 Å². The van der Waals surface area contributed by atoms with E-state index < -0.39 is 12.0 Å². The summed E-state index contributed by atoms with van der Waals surface area (Å²) < 4.78 is 40.5. The number of hydrogen-bond acceptors (Lipinski definition) is 1. The molecule has 0 aliphatic heterocycles. The maximum atomic E-state index is 13.6. The second kappa shape index (κ2) is 5.21. The Kier molecular flexibility index (Phi) is 4.02. The van der Waals surface area contributed by atoms with Crippen LogP contribution in [0.2, 0.25) is 0 Å². The molecule has 0 saturated heterocycles. The molecule has 1 aromatic carbocycles. The Morgan fingerprint density at radius 3 is 2.72 bits per heavy atom. The monoisotopic (exact) mass is 321 g/mol. The lowest BCUT2D eigenvalue weighted by Crippen LogP contribution is -2.32. The predicted molar refractivity (Wildman–Crippen MR) is 68.1 cm³/mol. The molecule has 2 unspecified atom stereocenters. The second-order valence-corrected chi connectivity index (χ2v) is 5.88. The van der Waals surface area contributed by atoms with Gasteiger partial charge in [-0.3, -0.25) is 0 Å². The van der Waals surface area contributed by atoms with E-state index in [4.69, 9.17) is 5.73 Å². The summed E-state index contributed by atoms with van der Waals surface area (Å²) in [5.41, 5.74) is 6.41. The molecule has 18 heavy (non-hydrogen) atoms. The fourth-order valence-electron chi connectivity index (χ4n) is 2.46. The highest BCUT2D eigenvalue weighted by molar-refractivity contribution is 9.10. The third kappa shape index (κ3) is 3.26. The average Bonchev–Trinajstić information content (AvgIpc) is 2.63. The van der Waals surface area contributed by atoms with Crippen LogP contribution >= 0.6 is 15.9 Å². The zero-order valence-corrected chi connectivity index (χ0v) is 11.4. The highest BCUT2D eigenvalue weighted by atomic mass is 79.9. The first-order valence-electron chi connectivity index (χ1n) is 5.95. The molecule has 1 aliphatic carbocycles. The van der Waals surface area contributed by atoms with Gasteiger partial charge in [-0.05, 0) is 36.5 Å². The molecule has 1 aliphatic rings. The summed E-state index contributed by atoms with van der Waals surface area (Å²) in [5.74, 6) is -3.16. The third-order valence-corrected chi connectivity index (χ3v) is 4.01.